The normalized spacial score (nSPS) is 45.8. The molecule has 1 saturated heterocycles. The Bertz CT molecular complexity index is 507. The highest BCUT2D eigenvalue weighted by molar-refractivity contribution is 5.72. The molecule has 0 bridgehead atoms. The minimum Gasteiger partial charge on any atom is -0.845 e. The smallest absolute Gasteiger partial charge is 0.308 e. The molecule has 0 amide bonds. The largest absolute Gasteiger partial charge is 0.845 e. The summed E-state index contributed by atoms with van der Waals surface area (Å²) in [4.78, 5) is 14.6. The van der Waals surface area contributed by atoms with E-state index in [9.17, 15) is 20.1 Å². The molecule has 1 heterocycles. The van der Waals surface area contributed by atoms with E-state index in [4.69, 9.17) is 4.74 Å². The lowest BCUT2D eigenvalue weighted by atomic mass is 9.82. The first-order valence-electron chi connectivity index (χ1n) is 10.7. The van der Waals surface area contributed by atoms with Gasteiger partial charge in [0, 0.05) is 12.6 Å². The summed E-state index contributed by atoms with van der Waals surface area (Å²) in [6.07, 6.45) is 0.0839. The number of aliphatic hydroxyl groups excluding tert-OH is 1. The van der Waals surface area contributed by atoms with Gasteiger partial charge in [-0.15, -0.1) is 0 Å². The Hall–Kier alpha value is -0.690. The van der Waals surface area contributed by atoms with Gasteiger partial charge in [0.15, 0.2) is 0 Å². The lowest BCUT2D eigenvalue weighted by molar-refractivity contribution is -0.511. The maximum atomic E-state index is 13.3. The number of ether oxygens (including phenoxy) is 1. The third kappa shape index (κ3) is 6.68. The van der Waals surface area contributed by atoms with Gasteiger partial charge in [0.2, 0.25) is 0 Å². The van der Waals surface area contributed by atoms with Gasteiger partial charge in [0.1, 0.15) is 0 Å². The molecular weight excluding hydrogens is 358 g/mol. The standard InChI is InChI=1S/C22H42NO5/c1-9-18-22(7,27)19(24)17(5)23(8)13-15(3)12-21(6,26)11-14(2)10-16(4)20(25)28-18/h14-19,24,26H,9-13H2,1-8H3/q-1/t14-,15+,16+,17+,18+,19+,21-,22+/m0/s1. The van der Waals surface area contributed by atoms with E-state index in [2.05, 4.69) is 6.92 Å². The molecule has 166 valence electrons. The second kappa shape index (κ2) is 9.88. The number of aliphatic hydroxyl groups is 2. The van der Waals surface area contributed by atoms with Crippen LogP contribution in [-0.2, 0) is 9.53 Å². The summed E-state index contributed by atoms with van der Waals surface area (Å²) in [7, 11) is 1.88. The van der Waals surface area contributed by atoms with Crippen LogP contribution in [0.1, 0.15) is 74.1 Å². The van der Waals surface area contributed by atoms with Gasteiger partial charge >= 0.3 is 5.97 Å². The molecule has 0 radical (unpaired) electrons. The van der Waals surface area contributed by atoms with Crippen LogP contribution in [-0.4, -0.2) is 64.1 Å². The first-order valence-corrected chi connectivity index (χ1v) is 10.7. The molecule has 0 unspecified atom stereocenters. The van der Waals surface area contributed by atoms with Gasteiger partial charge < -0.3 is 25.0 Å². The quantitative estimate of drug-likeness (QED) is 0.654. The van der Waals surface area contributed by atoms with E-state index >= 15 is 0 Å². The van der Waals surface area contributed by atoms with E-state index < -0.39 is 35.4 Å². The second-order valence-electron chi connectivity index (χ2n) is 9.89. The van der Waals surface area contributed by atoms with Crippen LogP contribution < -0.4 is 5.11 Å². The average Bonchev–Trinajstić information content (AvgIpc) is 2.55. The molecule has 1 aliphatic rings. The average molecular weight is 401 g/mol. The summed E-state index contributed by atoms with van der Waals surface area (Å²) >= 11 is 0. The number of esters is 1. The van der Waals surface area contributed by atoms with Gasteiger partial charge in [0.05, 0.1) is 23.7 Å². The zero-order valence-electron chi connectivity index (χ0n) is 19.1. The Morgan fingerprint density at radius 2 is 1.71 bits per heavy atom. The predicted octanol–water partition coefficient (Wildman–Crippen LogP) is 1.95. The lowest BCUT2D eigenvalue weighted by Crippen LogP contribution is -2.66. The van der Waals surface area contributed by atoms with E-state index in [1.807, 2.05) is 32.7 Å². The van der Waals surface area contributed by atoms with E-state index in [-0.39, 0.29) is 17.8 Å². The van der Waals surface area contributed by atoms with Gasteiger partial charge in [-0.1, -0.05) is 34.6 Å². The van der Waals surface area contributed by atoms with Crippen LogP contribution in [0.3, 0.4) is 0 Å². The zero-order valence-corrected chi connectivity index (χ0v) is 19.1. The first kappa shape index (κ1) is 25.3. The Morgan fingerprint density at radius 3 is 2.25 bits per heavy atom. The van der Waals surface area contributed by atoms with Crippen LogP contribution in [0.15, 0.2) is 0 Å². The maximum Gasteiger partial charge on any atom is 0.308 e. The highest BCUT2D eigenvalue weighted by Crippen LogP contribution is 2.30. The molecule has 0 aliphatic carbocycles. The SMILES string of the molecule is CC[C@H]1OC(=O)[C@H](C)C[C@H](C)C[C@](C)(O)C[C@@H](C)CN(C)[C@H](C)[C@@H](O)[C@]1(C)[O-]. The van der Waals surface area contributed by atoms with Crippen LogP contribution in [0.2, 0.25) is 0 Å². The third-order valence-corrected chi connectivity index (χ3v) is 6.34. The molecule has 0 spiro atoms. The Kier molecular flexibility index (Phi) is 8.94. The topological polar surface area (TPSA) is 93.1 Å². The van der Waals surface area contributed by atoms with Crippen molar-refractivity contribution < 1.29 is 24.9 Å². The van der Waals surface area contributed by atoms with Crippen LogP contribution in [0.4, 0.5) is 0 Å². The minimum atomic E-state index is -1.81. The molecule has 2 N–H and O–H groups in total. The van der Waals surface area contributed by atoms with Crippen molar-refractivity contribution >= 4 is 5.97 Å². The molecule has 0 saturated carbocycles. The molecule has 0 aromatic rings. The fraction of sp³-hybridized carbons (Fsp3) is 0.955. The minimum absolute atomic E-state index is 0.149. The Balaban J connectivity index is 3.19. The van der Waals surface area contributed by atoms with Crippen LogP contribution in [0.25, 0.3) is 0 Å². The molecule has 28 heavy (non-hydrogen) atoms. The number of likely N-dealkylation sites (N-methyl/N-ethyl adjacent to an activating group) is 1. The molecule has 1 aliphatic heterocycles. The highest BCUT2D eigenvalue weighted by Gasteiger charge is 2.38. The highest BCUT2D eigenvalue weighted by atomic mass is 16.6. The summed E-state index contributed by atoms with van der Waals surface area (Å²) < 4.78 is 5.59. The van der Waals surface area contributed by atoms with Crippen LogP contribution in [0, 0.1) is 17.8 Å². The monoisotopic (exact) mass is 400 g/mol. The molecule has 6 nitrogen and oxygen atoms in total. The second-order valence-corrected chi connectivity index (χ2v) is 9.89. The summed E-state index contributed by atoms with van der Waals surface area (Å²) in [6, 6.07) is -0.399. The van der Waals surface area contributed by atoms with Crippen molar-refractivity contribution in [2.45, 2.75) is 104 Å². The molecule has 6 heteroatoms. The number of rotatable bonds is 1. The van der Waals surface area contributed by atoms with Gasteiger partial charge in [-0.25, -0.2) is 0 Å². The van der Waals surface area contributed by atoms with Crippen molar-refractivity contribution in [3.8, 4) is 0 Å². The van der Waals surface area contributed by atoms with Crippen molar-refractivity contribution in [1.29, 1.82) is 0 Å². The summed E-state index contributed by atoms with van der Waals surface area (Å²) in [6.45, 7) is 13.5. The fourth-order valence-electron chi connectivity index (χ4n) is 4.86. The van der Waals surface area contributed by atoms with Crippen molar-refractivity contribution in [2.75, 3.05) is 13.6 Å². The molecule has 0 aromatic heterocycles. The third-order valence-electron chi connectivity index (χ3n) is 6.34. The number of nitrogens with zero attached hydrogens (tertiary/aromatic N) is 1. The number of hydrogen-bond donors (Lipinski definition) is 2. The van der Waals surface area contributed by atoms with E-state index in [0.29, 0.717) is 32.2 Å². The van der Waals surface area contributed by atoms with Gasteiger partial charge in [-0.3, -0.25) is 4.79 Å². The summed E-state index contributed by atoms with van der Waals surface area (Å²) in [5.74, 6) is -0.426. The van der Waals surface area contributed by atoms with Crippen LogP contribution in [0.5, 0.6) is 0 Å². The number of carbonyl (C=O) groups is 1. The van der Waals surface area contributed by atoms with Crippen LogP contribution >= 0.6 is 0 Å². The van der Waals surface area contributed by atoms with Crippen molar-refractivity contribution in [3.63, 3.8) is 0 Å². The number of carbonyl (C=O) groups excluding carboxylic acids is 1. The molecule has 8 atom stereocenters. The molecule has 1 fully saturated rings. The van der Waals surface area contributed by atoms with Gasteiger partial charge in [0.25, 0.3) is 0 Å². The van der Waals surface area contributed by atoms with E-state index in [1.165, 1.54) is 6.92 Å². The molecule has 1 rings (SSSR count). The van der Waals surface area contributed by atoms with Crippen molar-refractivity contribution in [2.24, 2.45) is 17.8 Å². The Labute approximate surface area is 171 Å². The fourth-order valence-corrected chi connectivity index (χ4v) is 4.86. The molecule has 0 aromatic carbocycles. The molecular formula is C22H42NO5-. The predicted molar refractivity (Wildman–Crippen MR) is 109 cm³/mol. The summed E-state index contributed by atoms with van der Waals surface area (Å²) in [5.41, 5.74) is -2.64. The van der Waals surface area contributed by atoms with E-state index in [1.54, 1.807) is 13.8 Å². The zero-order chi connectivity index (χ0) is 21.9. The van der Waals surface area contributed by atoms with E-state index in [0.717, 1.165) is 0 Å². The maximum absolute atomic E-state index is 13.3. The first-order chi connectivity index (χ1) is 12.7. The van der Waals surface area contributed by atoms with Crippen molar-refractivity contribution in [1.82, 2.24) is 4.90 Å². The van der Waals surface area contributed by atoms with Crippen molar-refractivity contribution in [3.05, 3.63) is 0 Å². The lowest BCUT2D eigenvalue weighted by Gasteiger charge is -2.50. The summed E-state index contributed by atoms with van der Waals surface area (Å²) in [5, 5.41) is 35.0. The number of cyclic esters (lactones) is 1. The van der Waals surface area contributed by atoms with Gasteiger partial charge in [-0.05, 0) is 64.0 Å². The van der Waals surface area contributed by atoms with Gasteiger partial charge in [-0.2, -0.15) is 0 Å². The number of hydrogen-bond acceptors (Lipinski definition) is 6. The Morgan fingerprint density at radius 1 is 1.18 bits per heavy atom.